The van der Waals surface area contributed by atoms with E-state index in [1.54, 1.807) is 0 Å². The Morgan fingerprint density at radius 3 is 0.744 bits per heavy atom. The van der Waals surface area contributed by atoms with E-state index >= 15 is 0 Å². The summed E-state index contributed by atoms with van der Waals surface area (Å²) in [5.74, 6) is 1.76. The van der Waals surface area contributed by atoms with Crippen LogP contribution in [0.4, 0.5) is 0 Å². The predicted octanol–water partition coefficient (Wildman–Crippen LogP) is 12.8. The molecule has 0 spiro atoms. The number of ether oxygens (including phenoxy) is 1. The Morgan fingerprint density at radius 1 is 0.308 bits per heavy atom. The second-order valence-corrected chi connectivity index (χ2v) is 8.04. The summed E-state index contributed by atoms with van der Waals surface area (Å²) in [7, 11) is 0. The van der Waals surface area contributed by atoms with Crippen molar-refractivity contribution in [3.05, 3.63) is 130 Å². The second-order valence-electron chi connectivity index (χ2n) is 8.04. The van der Waals surface area contributed by atoms with E-state index in [1.165, 1.54) is 33.4 Å². The van der Waals surface area contributed by atoms with Gasteiger partial charge in [-0.05, 0) is 65.8 Å². The number of aryl methyl sites for hydroxylation is 6. The molecule has 0 bridgehead atoms. The van der Waals surface area contributed by atoms with Gasteiger partial charge in [-0.3, -0.25) is 0 Å². The lowest BCUT2D eigenvalue weighted by molar-refractivity contribution is 0.482. The van der Waals surface area contributed by atoms with E-state index in [0.29, 0.717) is 0 Å². The molecule has 0 saturated heterocycles. The predicted molar refractivity (Wildman–Crippen MR) is 180 cm³/mol. The molecule has 4 aromatic rings. The molecule has 0 aliphatic rings. The van der Waals surface area contributed by atoms with Gasteiger partial charge in [0.25, 0.3) is 0 Å². The Balaban J connectivity index is -0.000000465. The molecule has 0 amide bonds. The highest BCUT2D eigenvalue weighted by molar-refractivity contribution is 5.34. The van der Waals surface area contributed by atoms with E-state index in [-0.39, 0.29) is 0 Å². The van der Waals surface area contributed by atoms with E-state index in [1.807, 2.05) is 104 Å². The topological polar surface area (TPSA) is 9.23 Å². The molecular weight excluding hydrogens is 472 g/mol. The van der Waals surface area contributed by atoms with Gasteiger partial charge < -0.3 is 4.74 Å². The highest BCUT2D eigenvalue weighted by atomic mass is 16.5. The van der Waals surface area contributed by atoms with Gasteiger partial charge in [0.15, 0.2) is 0 Å². The van der Waals surface area contributed by atoms with Crippen molar-refractivity contribution in [2.75, 3.05) is 0 Å². The molecule has 0 N–H and O–H groups in total. The van der Waals surface area contributed by atoms with E-state index in [4.69, 9.17) is 4.74 Å². The minimum Gasteiger partial charge on any atom is -0.457 e. The van der Waals surface area contributed by atoms with Crippen LogP contribution in [0.15, 0.2) is 97.1 Å². The maximum absolute atomic E-state index is 5.69. The first-order valence-corrected chi connectivity index (χ1v) is 14.7. The van der Waals surface area contributed by atoms with E-state index in [2.05, 4.69) is 90.1 Å². The maximum Gasteiger partial charge on any atom is 0.127 e. The number of benzene rings is 4. The lowest BCUT2D eigenvalue weighted by Crippen LogP contribution is -1.84. The van der Waals surface area contributed by atoms with Gasteiger partial charge in [-0.25, -0.2) is 0 Å². The third-order valence-electron chi connectivity index (χ3n) is 4.67. The van der Waals surface area contributed by atoms with Crippen LogP contribution in [0.3, 0.4) is 0 Å². The van der Waals surface area contributed by atoms with Crippen molar-refractivity contribution < 1.29 is 4.74 Å². The molecule has 216 valence electrons. The summed E-state index contributed by atoms with van der Waals surface area (Å²) in [6, 6.07) is 33.0. The van der Waals surface area contributed by atoms with Crippen LogP contribution in [-0.4, -0.2) is 0 Å². The van der Waals surface area contributed by atoms with Crippen molar-refractivity contribution >= 4 is 0 Å². The van der Waals surface area contributed by atoms with Crippen LogP contribution in [0.25, 0.3) is 0 Å². The first-order valence-electron chi connectivity index (χ1n) is 14.7. The van der Waals surface area contributed by atoms with E-state index < -0.39 is 0 Å². The Bertz CT molecular complexity index is 946. The second kappa shape index (κ2) is 27.7. The molecule has 0 atom stereocenters. The van der Waals surface area contributed by atoms with Gasteiger partial charge in [0.2, 0.25) is 0 Å². The highest BCUT2D eigenvalue weighted by Crippen LogP contribution is 2.21. The Labute approximate surface area is 243 Å². The fourth-order valence-corrected chi connectivity index (χ4v) is 2.79. The van der Waals surface area contributed by atoms with Gasteiger partial charge in [0.1, 0.15) is 11.5 Å². The van der Waals surface area contributed by atoms with Crippen LogP contribution in [0.5, 0.6) is 11.5 Å². The lowest BCUT2D eigenvalue weighted by atomic mass is 10.2. The minimum absolute atomic E-state index is 0.879. The molecule has 0 unspecified atom stereocenters. The van der Waals surface area contributed by atoms with Crippen molar-refractivity contribution in [2.45, 2.75) is 96.9 Å². The van der Waals surface area contributed by atoms with Crippen molar-refractivity contribution in [3.8, 4) is 11.5 Å². The van der Waals surface area contributed by atoms with Crippen LogP contribution < -0.4 is 4.74 Å². The standard InChI is InChI=1S/C14H14O.2C8H10.4C2H6/c1-11-3-7-13(8-4-11)15-14-9-5-12(2)6-10-14;1-7-3-5-8(2)6-4-7;1-7-4-3-5-8(2)6-7;4*1-2/h3-10H,1-2H3;2*3-6H,1-2H3;4*1-2H3. The fourth-order valence-electron chi connectivity index (χ4n) is 2.79. The van der Waals surface area contributed by atoms with Crippen LogP contribution in [0, 0.1) is 41.5 Å². The first kappa shape index (κ1) is 40.2. The van der Waals surface area contributed by atoms with Gasteiger partial charge in [-0.15, -0.1) is 0 Å². The molecule has 1 heteroatoms. The third-order valence-corrected chi connectivity index (χ3v) is 4.67. The van der Waals surface area contributed by atoms with Gasteiger partial charge in [0, 0.05) is 0 Å². The number of hydrogen-bond acceptors (Lipinski definition) is 1. The van der Waals surface area contributed by atoms with Gasteiger partial charge in [-0.2, -0.15) is 0 Å². The average molecular weight is 531 g/mol. The molecule has 0 heterocycles. The molecule has 0 fully saturated rings. The zero-order valence-corrected chi connectivity index (χ0v) is 27.6. The average Bonchev–Trinajstić information content (AvgIpc) is 2.98. The quantitative estimate of drug-likeness (QED) is 0.250. The SMILES string of the molecule is CC.CC.CC.CC.Cc1ccc(C)cc1.Cc1ccc(Oc2ccc(C)cc2)cc1.Cc1cccc(C)c1. The molecule has 0 aliphatic carbocycles. The molecule has 0 aliphatic heterocycles. The summed E-state index contributed by atoms with van der Waals surface area (Å²) < 4.78 is 5.69. The lowest BCUT2D eigenvalue weighted by Gasteiger charge is -2.05. The summed E-state index contributed by atoms with van der Waals surface area (Å²) in [4.78, 5) is 0. The van der Waals surface area contributed by atoms with Crippen LogP contribution >= 0.6 is 0 Å². The van der Waals surface area contributed by atoms with Crippen LogP contribution in [0.2, 0.25) is 0 Å². The normalized spacial score (nSPS) is 8.26. The number of hydrogen-bond donors (Lipinski definition) is 0. The highest BCUT2D eigenvalue weighted by Gasteiger charge is 1.95. The van der Waals surface area contributed by atoms with E-state index in [9.17, 15) is 0 Å². The Kier molecular flexibility index (Phi) is 28.5. The van der Waals surface area contributed by atoms with Gasteiger partial charge in [0.05, 0.1) is 0 Å². The Hall–Kier alpha value is -3.32. The van der Waals surface area contributed by atoms with Gasteiger partial charge in [-0.1, -0.05) is 162 Å². The molecular formula is C38H58O. The fraction of sp³-hybridized carbons (Fsp3) is 0.368. The summed E-state index contributed by atoms with van der Waals surface area (Å²) in [6.07, 6.45) is 0. The van der Waals surface area contributed by atoms with Crippen molar-refractivity contribution in [3.63, 3.8) is 0 Å². The molecule has 0 saturated carbocycles. The van der Waals surface area contributed by atoms with Crippen molar-refractivity contribution in [1.29, 1.82) is 0 Å². The third kappa shape index (κ3) is 22.4. The first-order chi connectivity index (χ1) is 18.8. The van der Waals surface area contributed by atoms with E-state index in [0.717, 1.165) is 11.5 Å². The maximum atomic E-state index is 5.69. The Morgan fingerprint density at radius 2 is 0.538 bits per heavy atom. The van der Waals surface area contributed by atoms with Crippen molar-refractivity contribution in [2.24, 2.45) is 0 Å². The summed E-state index contributed by atoms with van der Waals surface area (Å²) >= 11 is 0. The van der Waals surface area contributed by atoms with Crippen LogP contribution in [0.1, 0.15) is 88.8 Å². The summed E-state index contributed by atoms with van der Waals surface area (Å²) in [6.45, 7) is 28.5. The molecule has 1 nitrogen and oxygen atoms in total. The smallest absolute Gasteiger partial charge is 0.127 e. The van der Waals surface area contributed by atoms with Crippen LogP contribution in [-0.2, 0) is 0 Å². The summed E-state index contributed by atoms with van der Waals surface area (Å²) in [5.41, 5.74) is 7.82. The molecule has 0 radical (unpaired) electrons. The molecule has 39 heavy (non-hydrogen) atoms. The zero-order valence-electron chi connectivity index (χ0n) is 27.6. The van der Waals surface area contributed by atoms with Gasteiger partial charge >= 0.3 is 0 Å². The van der Waals surface area contributed by atoms with Crippen molar-refractivity contribution in [1.82, 2.24) is 0 Å². The molecule has 4 rings (SSSR count). The molecule has 4 aromatic carbocycles. The largest absolute Gasteiger partial charge is 0.457 e. The monoisotopic (exact) mass is 530 g/mol. The number of rotatable bonds is 2. The summed E-state index contributed by atoms with van der Waals surface area (Å²) in [5, 5.41) is 0. The minimum atomic E-state index is 0.879. The molecule has 0 aromatic heterocycles. The zero-order chi connectivity index (χ0) is 30.6.